The van der Waals surface area contributed by atoms with E-state index < -0.39 is 41.3 Å². The summed E-state index contributed by atoms with van der Waals surface area (Å²) in [4.78, 5) is 42.2. The standard InChI is InChI=1S/C26H38F3N3O4/c1-16-12-20(30-6)23(34)32(14-17(16)2)21(13-18-8-10-19(11-9-18)26(27,28)29)24(35)31(7)15-22(33)36-25(3,4)5/h8-11,16-17,20-21,30H,12-15H2,1-7H3/t16-,17?,20-,21-/m0/s1. The van der Waals surface area contributed by atoms with Crippen LogP contribution < -0.4 is 5.32 Å². The molecule has 0 saturated carbocycles. The van der Waals surface area contributed by atoms with Crippen LogP contribution >= 0.6 is 0 Å². The molecule has 0 spiro atoms. The Bertz CT molecular complexity index is 928. The molecule has 7 nitrogen and oxygen atoms in total. The Labute approximate surface area is 211 Å². The molecule has 10 heteroatoms. The minimum atomic E-state index is -4.48. The van der Waals surface area contributed by atoms with Crippen LogP contribution in [-0.2, 0) is 31.7 Å². The molecular weight excluding hydrogens is 475 g/mol. The van der Waals surface area contributed by atoms with Crippen molar-refractivity contribution in [2.75, 3.05) is 27.2 Å². The molecule has 1 aliphatic heterocycles. The van der Waals surface area contributed by atoms with E-state index in [2.05, 4.69) is 5.32 Å². The zero-order valence-corrected chi connectivity index (χ0v) is 22.1. The third-order valence-corrected chi connectivity index (χ3v) is 6.53. The summed E-state index contributed by atoms with van der Waals surface area (Å²) in [6.45, 7) is 9.21. The number of hydrogen-bond acceptors (Lipinski definition) is 5. The zero-order valence-electron chi connectivity index (χ0n) is 22.1. The number of likely N-dealkylation sites (tertiary alicyclic amines) is 1. The first-order valence-electron chi connectivity index (χ1n) is 12.1. The van der Waals surface area contributed by atoms with Gasteiger partial charge in [0.05, 0.1) is 11.6 Å². The van der Waals surface area contributed by atoms with Crippen molar-refractivity contribution in [2.45, 2.75) is 71.3 Å². The molecule has 1 unspecified atom stereocenters. The van der Waals surface area contributed by atoms with Crippen molar-refractivity contribution in [1.29, 1.82) is 0 Å². The first kappa shape index (κ1) is 29.6. The molecule has 0 aromatic heterocycles. The number of likely N-dealkylation sites (N-methyl/N-ethyl adjacent to an activating group) is 2. The van der Waals surface area contributed by atoms with Crippen LogP contribution in [0.5, 0.6) is 0 Å². The molecule has 1 aromatic carbocycles. The quantitative estimate of drug-likeness (QED) is 0.565. The maximum Gasteiger partial charge on any atom is 0.416 e. The molecule has 202 valence electrons. The van der Waals surface area contributed by atoms with E-state index in [0.717, 1.165) is 12.1 Å². The maximum atomic E-state index is 13.6. The Morgan fingerprint density at radius 2 is 1.72 bits per heavy atom. The molecule has 1 saturated heterocycles. The minimum absolute atomic E-state index is 0.0128. The molecule has 0 aliphatic carbocycles. The van der Waals surface area contributed by atoms with E-state index >= 15 is 0 Å². The smallest absolute Gasteiger partial charge is 0.416 e. The summed E-state index contributed by atoms with van der Waals surface area (Å²) in [6.07, 6.45) is -3.87. The monoisotopic (exact) mass is 513 g/mol. The van der Waals surface area contributed by atoms with Gasteiger partial charge in [0.2, 0.25) is 11.8 Å². The third kappa shape index (κ3) is 7.94. The summed E-state index contributed by atoms with van der Waals surface area (Å²) in [7, 11) is 3.14. The summed E-state index contributed by atoms with van der Waals surface area (Å²) < 4.78 is 44.4. The number of carbonyl (C=O) groups is 3. The SMILES string of the molecule is CN[C@H]1C[C@H](C)C(C)CN([C@@H](Cc2ccc(C(F)(F)F)cc2)C(=O)N(C)CC(=O)OC(C)(C)C)C1=O. The second-order valence-corrected chi connectivity index (χ2v) is 10.7. The van der Waals surface area contributed by atoms with Gasteiger partial charge in [0.15, 0.2) is 0 Å². The number of halogens is 3. The van der Waals surface area contributed by atoms with E-state index in [4.69, 9.17) is 4.74 Å². The predicted octanol–water partition coefficient (Wildman–Crippen LogP) is 3.51. The van der Waals surface area contributed by atoms with Gasteiger partial charge in [-0.1, -0.05) is 26.0 Å². The summed E-state index contributed by atoms with van der Waals surface area (Å²) in [5.74, 6) is -1.02. The van der Waals surface area contributed by atoms with Crippen molar-refractivity contribution in [3.63, 3.8) is 0 Å². The molecule has 1 aliphatic rings. The van der Waals surface area contributed by atoms with Crippen LogP contribution in [0.3, 0.4) is 0 Å². The first-order valence-corrected chi connectivity index (χ1v) is 12.1. The Balaban J connectivity index is 2.40. The molecule has 36 heavy (non-hydrogen) atoms. The lowest BCUT2D eigenvalue weighted by molar-refractivity contribution is -0.159. The van der Waals surface area contributed by atoms with Gasteiger partial charge in [0.1, 0.15) is 18.2 Å². The van der Waals surface area contributed by atoms with Crippen LogP contribution in [0.4, 0.5) is 13.2 Å². The number of alkyl halides is 3. The maximum absolute atomic E-state index is 13.6. The Kier molecular flexibility index (Phi) is 9.56. The molecule has 1 N–H and O–H groups in total. The highest BCUT2D eigenvalue weighted by molar-refractivity contribution is 5.91. The van der Waals surface area contributed by atoms with Crippen molar-refractivity contribution in [3.05, 3.63) is 35.4 Å². The molecule has 1 fully saturated rings. The molecule has 2 amide bonds. The fraction of sp³-hybridized carbons (Fsp3) is 0.654. The fourth-order valence-electron chi connectivity index (χ4n) is 4.29. The van der Waals surface area contributed by atoms with Gasteiger partial charge in [0, 0.05) is 20.0 Å². The van der Waals surface area contributed by atoms with E-state index in [0.29, 0.717) is 18.5 Å². The number of benzene rings is 1. The topological polar surface area (TPSA) is 79.0 Å². The van der Waals surface area contributed by atoms with Crippen LogP contribution in [-0.4, -0.2) is 72.5 Å². The molecule has 4 atom stereocenters. The van der Waals surface area contributed by atoms with E-state index in [1.165, 1.54) is 29.0 Å². The number of esters is 1. The average molecular weight is 514 g/mol. The molecule has 2 rings (SSSR count). The van der Waals surface area contributed by atoms with Gasteiger partial charge in [-0.3, -0.25) is 14.4 Å². The van der Waals surface area contributed by atoms with Gasteiger partial charge in [0.25, 0.3) is 0 Å². The lowest BCUT2D eigenvalue weighted by Crippen LogP contribution is -2.56. The number of hydrogen-bond donors (Lipinski definition) is 1. The summed E-state index contributed by atoms with van der Waals surface area (Å²) in [6, 6.07) is 3.08. The Morgan fingerprint density at radius 3 is 2.22 bits per heavy atom. The summed E-state index contributed by atoms with van der Waals surface area (Å²) >= 11 is 0. The van der Waals surface area contributed by atoms with Gasteiger partial charge in [-0.05, 0) is 63.8 Å². The molecule has 1 aromatic rings. The zero-order chi connectivity index (χ0) is 27.4. The van der Waals surface area contributed by atoms with Gasteiger partial charge >= 0.3 is 12.1 Å². The normalized spacial score (nSPS) is 22.1. The van der Waals surface area contributed by atoms with E-state index in [9.17, 15) is 27.6 Å². The molecule has 0 bridgehead atoms. The van der Waals surface area contributed by atoms with Gasteiger partial charge in [-0.2, -0.15) is 13.2 Å². The van der Waals surface area contributed by atoms with Crippen molar-refractivity contribution in [2.24, 2.45) is 11.8 Å². The lowest BCUT2D eigenvalue weighted by Gasteiger charge is -2.35. The van der Waals surface area contributed by atoms with Crippen molar-refractivity contribution in [3.8, 4) is 0 Å². The van der Waals surface area contributed by atoms with Crippen molar-refractivity contribution in [1.82, 2.24) is 15.1 Å². The van der Waals surface area contributed by atoms with E-state index in [-0.39, 0.29) is 30.7 Å². The molecule has 1 heterocycles. The fourth-order valence-corrected chi connectivity index (χ4v) is 4.29. The van der Waals surface area contributed by atoms with Gasteiger partial charge < -0.3 is 19.9 Å². The Hall–Kier alpha value is -2.62. The number of ether oxygens (including phenoxy) is 1. The number of rotatable bonds is 7. The first-order chi connectivity index (χ1) is 16.5. The van der Waals surface area contributed by atoms with Crippen LogP contribution in [0, 0.1) is 11.8 Å². The van der Waals surface area contributed by atoms with Crippen molar-refractivity contribution < 1.29 is 32.3 Å². The highest BCUT2D eigenvalue weighted by Gasteiger charge is 2.40. The number of carbonyl (C=O) groups excluding carboxylic acids is 3. The summed E-state index contributed by atoms with van der Waals surface area (Å²) in [5.41, 5.74) is -1.04. The molecular formula is C26H38F3N3O4. The van der Waals surface area contributed by atoms with Gasteiger partial charge in [-0.15, -0.1) is 0 Å². The third-order valence-electron chi connectivity index (χ3n) is 6.53. The van der Waals surface area contributed by atoms with Crippen LogP contribution in [0.2, 0.25) is 0 Å². The van der Waals surface area contributed by atoms with Crippen molar-refractivity contribution >= 4 is 17.8 Å². The summed E-state index contributed by atoms with van der Waals surface area (Å²) in [5, 5.41) is 3.03. The lowest BCUT2D eigenvalue weighted by atomic mass is 9.91. The largest absolute Gasteiger partial charge is 0.459 e. The van der Waals surface area contributed by atoms with Crippen LogP contribution in [0.25, 0.3) is 0 Å². The van der Waals surface area contributed by atoms with Crippen LogP contribution in [0.1, 0.15) is 52.2 Å². The Morgan fingerprint density at radius 1 is 1.14 bits per heavy atom. The van der Waals surface area contributed by atoms with E-state index in [1.54, 1.807) is 27.8 Å². The number of amides is 2. The second kappa shape index (κ2) is 11.6. The second-order valence-electron chi connectivity index (χ2n) is 10.7. The molecule has 0 radical (unpaired) electrons. The van der Waals surface area contributed by atoms with Gasteiger partial charge in [-0.25, -0.2) is 0 Å². The highest BCUT2D eigenvalue weighted by atomic mass is 19.4. The van der Waals surface area contributed by atoms with E-state index in [1.807, 2.05) is 13.8 Å². The minimum Gasteiger partial charge on any atom is -0.459 e. The highest BCUT2D eigenvalue weighted by Crippen LogP contribution is 2.30. The predicted molar refractivity (Wildman–Crippen MR) is 130 cm³/mol. The number of nitrogens with one attached hydrogen (secondary N) is 1. The average Bonchev–Trinajstić information content (AvgIpc) is 2.86. The van der Waals surface area contributed by atoms with Crippen LogP contribution in [0.15, 0.2) is 24.3 Å². The number of nitrogens with zero attached hydrogens (tertiary/aromatic N) is 2.